The molecule has 0 spiro atoms. The van der Waals surface area contributed by atoms with Crippen LogP contribution in [0.4, 0.5) is 5.82 Å². The molecule has 2 heterocycles. The molecule has 0 atom stereocenters. The monoisotopic (exact) mass is 509 g/mol. The van der Waals surface area contributed by atoms with Gasteiger partial charge in [-0.05, 0) is 77.4 Å². The molecule has 1 N–H and O–H groups in total. The summed E-state index contributed by atoms with van der Waals surface area (Å²) >= 11 is 0. The Morgan fingerprint density at radius 1 is 0.615 bits per heavy atom. The Balaban J connectivity index is 1.48. The summed E-state index contributed by atoms with van der Waals surface area (Å²) in [5.74, 6) is 3.04. The van der Waals surface area contributed by atoms with E-state index in [-0.39, 0.29) is 0 Å². The predicted molar refractivity (Wildman–Crippen MR) is 159 cm³/mol. The molecule has 1 aromatic heterocycles. The van der Waals surface area contributed by atoms with Gasteiger partial charge in [0, 0.05) is 22.4 Å². The highest BCUT2D eigenvalue weighted by molar-refractivity contribution is 6.38. The molecule has 0 fully saturated rings. The third-order valence-corrected chi connectivity index (χ3v) is 6.72. The topological polar surface area (TPSA) is 59.0 Å². The second-order valence-electron chi connectivity index (χ2n) is 9.12. The molecule has 0 saturated carbocycles. The molecule has 4 aromatic carbocycles. The zero-order valence-electron chi connectivity index (χ0n) is 21.8. The van der Waals surface area contributed by atoms with E-state index in [4.69, 9.17) is 19.5 Å². The van der Waals surface area contributed by atoms with E-state index < -0.39 is 0 Å². The maximum Gasteiger partial charge on any atom is 0.162 e. The standard InChI is InChI=1S/C34H27N3O2/c1-38-27-17-13-25(14-18-27)31-21-29(23-9-5-3-6-10-23)33(35-31)37-34-30(24-11-7-4-8-12-24)22-32(36-34)26-15-19-28(39-2)20-16-26/h3-22,35H,1-2H3. The number of rotatable bonds is 7. The number of amidine groups is 1. The van der Waals surface area contributed by atoms with Gasteiger partial charge in [-0.15, -0.1) is 0 Å². The zero-order chi connectivity index (χ0) is 26.6. The molecule has 0 unspecified atom stereocenters. The summed E-state index contributed by atoms with van der Waals surface area (Å²) in [5.41, 5.74) is 8.00. The molecule has 0 aliphatic carbocycles. The van der Waals surface area contributed by atoms with Crippen molar-refractivity contribution < 1.29 is 9.47 Å². The Morgan fingerprint density at radius 2 is 1.18 bits per heavy atom. The van der Waals surface area contributed by atoms with Gasteiger partial charge in [0.15, 0.2) is 5.84 Å². The first-order valence-electron chi connectivity index (χ1n) is 12.7. The highest BCUT2D eigenvalue weighted by Gasteiger charge is 2.21. The van der Waals surface area contributed by atoms with E-state index in [0.717, 1.165) is 62.1 Å². The highest BCUT2D eigenvalue weighted by atomic mass is 16.5. The average molecular weight is 510 g/mol. The van der Waals surface area contributed by atoms with E-state index in [2.05, 4.69) is 41.4 Å². The quantitative estimate of drug-likeness (QED) is 0.242. The number of aliphatic imine (C=N–C) groups is 2. The molecular weight excluding hydrogens is 482 g/mol. The third kappa shape index (κ3) is 5.03. The average Bonchev–Trinajstić information content (AvgIpc) is 3.63. The van der Waals surface area contributed by atoms with Gasteiger partial charge in [0.2, 0.25) is 0 Å². The number of methoxy groups -OCH3 is 2. The van der Waals surface area contributed by atoms with Crippen molar-refractivity contribution in [1.82, 2.24) is 4.98 Å². The number of hydrogen-bond donors (Lipinski definition) is 1. The van der Waals surface area contributed by atoms with Crippen LogP contribution in [0.15, 0.2) is 131 Å². The highest BCUT2D eigenvalue weighted by Crippen LogP contribution is 2.37. The first kappa shape index (κ1) is 24.2. The molecule has 0 saturated heterocycles. The maximum atomic E-state index is 5.35. The van der Waals surface area contributed by atoms with Gasteiger partial charge in [0.25, 0.3) is 0 Å². The fourth-order valence-electron chi connectivity index (χ4n) is 4.63. The van der Waals surface area contributed by atoms with Crippen molar-refractivity contribution >= 4 is 22.9 Å². The minimum absolute atomic E-state index is 0.660. The van der Waals surface area contributed by atoms with Crippen LogP contribution in [0.3, 0.4) is 0 Å². The number of H-pyrrole nitrogens is 1. The van der Waals surface area contributed by atoms with Gasteiger partial charge in [0.1, 0.15) is 17.3 Å². The molecule has 0 amide bonds. The van der Waals surface area contributed by atoms with Gasteiger partial charge in [-0.1, -0.05) is 60.7 Å². The van der Waals surface area contributed by atoms with Crippen LogP contribution >= 0.6 is 0 Å². The van der Waals surface area contributed by atoms with E-state index >= 15 is 0 Å². The third-order valence-electron chi connectivity index (χ3n) is 6.72. The molecule has 190 valence electrons. The van der Waals surface area contributed by atoms with Crippen molar-refractivity contribution in [3.63, 3.8) is 0 Å². The first-order valence-corrected chi connectivity index (χ1v) is 12.7. The van der Waals surface area contributed by atoms with Gasteiger partial charge in [-0.3, -0.25) is 0 Å². The van der Waals surface area contributed by atoms with Crippen molar-refractivity contribution in [1.29, 1.82) is 0 Å². The van der Waals surface area contributed by atoms with Crippen LogP contribution in [0.25, 0.3) is 28.0 Å². The summed E-state index contributed by atoms with van der Waals surface area (Å²) in [6, 6.07) is 38.6. The number of nitrogens with zero attached hydrogens (tertiary/aromatic N) is 2. The normalized spacial score (nSPS) is 13.7. The smallest absolute Gasteiger partial charge is 0.162 e. The van der Waals surface area contributed by atoms with Crippen LogP contribution in [0.2, 0.25) is 0 Å². The van der Waals surface area contributed by atoms with E-state index in [1.165, 1.54) is 0 Å². The molecule has 1 aliphatic rings. The zero-order valence-corrected chi connectivity index (χ0v) is 21.8. The largest absolute Gasteiger partial charge is 0.497 e. The van der Waals surface area contributed by atoms with Crippen molar-refractivity contribution in [2.75, 3.05) is 14.2 Å². The van der Waals surface area contributed by atoms with E-state index in [9.17, 15) is 0 Å². The SMILES string of the molecule is COc1ccc(C2=NC(=Nc3[nH]c(-c4ccc(OC)cc4)cc3-c3ccccc3)C(c3ccccc3)=C2)cc1. The molecule has 5 heteroatoms. The lowest BCUT2D eigenvalue weighted by atomic mass is 10.0. The lowest BCUT2D eigenvalue weighted by Gasteiger charge is -2.04. The fourth-order valence-corrected chi connectivity index (χ4v) is 4.63. The summed E-state index contributed by atoms with van der Waals surface area (Å²) < 4.78 is 10.7. The van der Waals surface area contributed by atoms with Crippen LogP contribution in [-0.2, 0) is 0 Å². The number of aromatic amines is 1. The van der Waals surface area contributed by atoms with Crippen molar-refractivity contribution in [3.05, 3.63) is 132 Å². The van der Waals surface area contributed by atoms with Crippen LogP contribution < -0.4 is 9.47 Å². The Morgan fingerprint density at radius 3 is 1.77 bits per heavy atom. The first-order chi connectivity index (χ1) is 19.2. The molecule has 0 bridgehead atoms. The van der Waals surface area contributed by atoms with Crippen molar-refractivity contribution in [2.24, 2.45) is 9.98 Å². The summed E-state index contributed by atoms with van der Waals surface area (Å²) in [6.45, 7) is 0. The minimum Gasteiger partial charge on any atom is -0.497 e. The molecule has 39 heavy (non-hydrogen) atoms. The molecule has 0 radical (unpaired) electrons. The molecule has 1 aliphatic heterocycles. The van der Waals surface area contributed by atoms with Crippen molar-refractivity contribution in [3.8, 4) is 33.9 Å². The Labute approximate surface area is 227 Å². The lowest BCUT2D eigenvalue weighted by Crippen LogP contribution is -1.96. The van der Waals surface area contributed by atoms with E-state index in [1.54, 1.807) is 14.2 Å². The van der Waals surface area contributed by atoms with Crippen LogP contribution in [-0.4, -0.2) is 30.8 Å². The van der Waals surface area contributed by atoms with Crippen LogP contribution in [0, 0.1) is 0 Å². The van der Waals surface area contributed by atoms with Gasteiger partial charge in [0.05, 0.1) is 19.9 Å². The Kier molecular flexibility index (Phi) is 6.62. The van der Waals surface area contributed by atoms with Gasteiger partial charge in [-0.2, -0.15) is 0 Å². The fraction of sp³-hybridized carbons (Fsp3) is 0.0588. The van der Waals surface area contributed by atoms with E-state index in [1.807, 2.05) is 84.9 Å². The molecule has 5 nitrogen and oxygen atoms in total. The van der Waals surface area contributed by atoms with Gasteiger partial charge < -0.3 is 14.5 Å². The summed E-state index contributed by atoms with van der Waals surface area (Å²) in [4.78, 5) is 13.7. The lowest BCUT2D eigenvalue weighted by molar-refractivity contribution is 0.414. The number of ether oxygens (including phenoxy) is 2. The van der Waals surface area contributed by atoms with Gasteiger partial charge >= 0.3 is 0 Å². The Hall–Kier alpha value is -5.16. The summed E-state index contributed by atoms with van der Waals surface area (Å²) in [5, 5.41) is 0. The maximum absolute atomic E-state index is 5.35. The van der Waals surface area contributed by atoms with E-state index in [0.29, 0.717) is 5.84 Å². The molecule has 6 rings (SSSR count). The molecular formula is C34H27N3O2. The predicted octanol–water partition coefficient (Wildman–Crippen LogP) is 7.98. The van der Waals surface area contributed by atoms with Gasteiger partial charge in [-0.25, -0.2) is 9.98 Å². The summed E-state index contributed by atoms with van der Waals surface area (Å²) in [6.07, 6.45) is 2.10. The number of hydrogen-bond acceptors (Lipinski definition) is 3. The number of allylic oxidation sites excluding steroid dienone is 1. The number of benzene rings is 4. The van der Waals surface area contributed by atoms with Crippen LogP contribution in [0.1, 0.15) is 11.1 Å². The Bertz CT molecular complexity index is 1680. The second kappa shape index (κ2) is 10.7. The second-order valence-corrected chi connectivity index (χ2v) is 9.12. The number of nitrogens with one attached hydrogen (secondary N) is 1. The summed E-state index contributed by atoms with van der Waals surface area (Å²) in [7, 11) is 3.34. The van der Waals surface area contributed by atoms with Crippen LogP contribution in [0.5, 0.6) is 11.5 Å². The van der Waals surface area contributed by atoms with Crippen molar-refractivity contribution in [2.45, 2.75) is 0 Å². The minimum atomic E-state index is 0.660. The number of aromatic nitrogens is 1. The molecule has 5 aromatic rings.